The van der Waals surface area contributed by atoms with Crippen LogP contribution in [0, 0.1) is 12.8 Å². The Morgan fingerprint density at radius 1 is 1.73 bits per heavy atom. The molecule has 1 heterocycles. The Balaban J connectivity index is 2.43. The van der Waals surface area contributed by atoms with E-state index >= 15 is 0 Å². The molecule has 5 nitrogen and oxygen atoms in total. The van der Waals surface area contributed by atoms with Crippen LogP contribution >= 0.6 is 0 Å². The molecule has 0 aliphatic carbocycles. The van der Waals surface area contributed by atoms with Crippen LogP contribution in [0.2, 0.25) is 0 Å². The topological polar surface area (TPSA) is 83.8 Å². The predicted octanol–water partition coefficient (Wildman–Crippen LogP) is 0.319. The van der Waals surface area contributed by atoms with Crippen molar-refractivity contribution in [3.63, 3.8) is 0 Å². The van der Waals surface area contributed by atoms with E-state index in [1.165, 1.54) is 0 Å². The number of rotatable bonds is 5. The summed E-state index contributed by atoms with van der Waals surface area (Å²) in [4.78, 5) is 11.6. The highest BCUT2D eigenvalue weighted by atomic mass is 16.1. The number of aryl methyl sites for hydroxylation is 1. The van der Waals surface area contributed by atoms with Crippen molar-refractivity contribution in [1.82, 2.24) is 15.5 Å². The van der Waals surface area contributed by atoms with Gasteiger partial charge in [0.1, 0.15) is 0 Å². The molecule has 1 amide bonds. The molecule has 1 atom stereocenters. The number of carbonyl (C=O) groups is 1. The molecule has 1 aromatic rings. The number of amides is 1. The van der Waals surface area contributed by atoms with E-state index in [4.69, 9.17) is 5.73 Å². The van der Waals surface area contributed by atoms with Crippen molar-refractivity contribution in [2.75, 3.05) is 6.54 Å². The summed E-state index contributed by atoms with van der Waals surface area (Å²) < 4.78 is 0. The zero-order chi connectivity index (χ0) is 11.3. The van der Waals surface area contributed by atoms with Gasteiger partial charge in [-0.25, -0.2) is 0 Å². The number of nitrogens with zero attached hydrogens (tertiary/aromatic N) is 1. The Bertz CT molecular complexity index is 317. The van der Waals surface area contributed by atoms with Crippen LogP contribution in [0.4, 0.5) is 0 Å². The molecule has 0 aliphatic heterocycles. The third-order valence-corrected chi connectivity index (χ3v) is 2.54. The molecular weight excluding hydrogens is 192 g/mol. The third-order valence-electron chi connectivity index (χ3n) is 2.54. The molecule has 0 aromatic carbocycles. The molecule has 84 valence electrons. The number of carbonyl (C=O) groups excluding carboxylic acids is 1. The third kappa shape index (κ3) is 3.06. The standard InChI is InChI=1S/C10H18N4O/c1-3-8(4-11)10(15)12-5-9-6-13-14-7(9)2/h6,8H,3-5,11H2,1-2H3,(H,12,15)(H,13,14). The maximum Gasteiger partial charge on any atom is 0.224 e. The average Bonchev–Trinajstić information content (AvgIpc) is 2.63. The maximum atomic E-state index is 11.6. The van der Waals surface area contributed by atoms with Crippen LogP contribution in [0.5, 0.6) is 0 Å². The summed E-state index contributed by atoms with van der Waals surface area (Å²) in [5.74, 6) is -0.0715. The zero-order valence-corrected chi connectivity index (χ0v) is 9.21. The minimum Gasteiger partial charge on any atom is -0.352 e. The van der Waals surface area contributed by atoms with Crippen molar-refractivity contribution in [1.29, 1.82) is 0 Å². The van der Waals surface area contributed by atoms with Gasteiger partial charge in [0.15, 0.2) is 0 Å². The van der Waals surface area contributed by atoms with Gasteiger partial charge in [0, 0.05) is 30.3 Å². The maximum absolute atomic E-state index is 11.6. The quantitative estimate of drug-likeness (QED) is 0.654. The molecule has 1 unspecified atom stereocenters. The summed E-state index contributed by atoms with van der Waals surface area (Å²) >= 11 is 0. The van der Waals surface area contributed by atoms with Gasteiger partial charge in [-0.05, 0) is 13.3 Å². The minimum absolute atomic E-state index is 0.0144. The average molecular weight is 210 g/mol. The van der Waals surface area contributed by atoms with Crippen LogP contribution in [0.1, 0.15) is 24.6 Å². The summed E-state index contributed by atoms with van der Waals surface area (Å²) in [6.07, 6.45) is 2.49. The van der Waals surface area contributed by atoms with E-state index in [1.54, 1.807) is 6.20 Å². The lowest BCUT2D eigenvalue weighted by Crippen LogP contribution is -2.34. The van der Waals surface area contributed by atoms with Crippen LogP contribution < -0.4 is 11.1 Å². The Hall–Kier alpha value is -1.36. The predicted molar refractivity (Wildman–Crippen MR) is 58.0 cm³/mol. The van der Waals surface area contributed by atoms with Gasteiger partial charge in [-0.2, -0.15) is 5.10 Å². The molecule has 0 radical (unpaired) electrons. The number of hydrogen-bond donors (Lipinski definition) is 3. The van der Waals surface area contributed by atoms with Crippen molar-refractivity contribution < 1.29 is 4.79 Å². The second kappa shape index (κ2) is 5.50. The lowest BCUT2D eigenvalue weighted by atomic mass is 10.1. The minimum atomic E-state index is -0.0859. The van der Waals surface area contributed by atoms with Gasteiger partial charge >= 0.3 is 0 Å². The fourth-order valence-electron chi connectivity index (χ4n) is 1.34. The Labute approximate surface area is 89.4 Å². The van der Waals surface area contributed by atoms with E-state index in [0.29, 0.717) is 13.1 Å². The van der Waals surface area contributed by atoms with E-state index in [2.05, 4.69) is 15.5 Å². The highest BCUT2D eigenvalue weighted by Crippen LogP contribution is 2.04. The normalized spacial score (nSPS) is 12.5. The summed E-state index contributed by atoms with van der Waals surface area (Å²) in [5.41, 5.74) is 7.48. The van der Waals surface area contributed by atoms with Crippen LogP contribution in [-0.2, 0) is 11.3 Å². The summed E-state index contributed by atoms with van der Waals surface area (Å²) in [7, 11) is 0. The number of H-pyrrole nitrogens is 1. The van der Waals surface area contributed by atoms with Crippen molar-refractivity contribution in [2.24, 2.45) is 11.7 Å². The van der Waals surface area contributed by atoms with Crippen molar-refractivity contribution >= 4 is 5.91 Å². The Morgan fingerprint density at radius 2 is 2.47 bits per heavy atom. The molecule has 0 fully saturated rings. The molecule has 15 heavy (non-hydrogen) atoms. The van der Waals surface area contributed by atoms with Gasteiger partial charge < -0.3 is 11.1 Å². The van der Waals surface area contributed by atoms with E-state index in [-0.39, 0.29) is 11.8 Å². The summed E-state index contributed by atoms with van der Waals surface area (Å²) in [5, 5.41) is 9.56. The van der Waals surface area contributed by atoms with E-state index in [1.807, 2.05) is 13.8 Å². The van der Waals surface area contributed by atoms with Crippen LogP contribution in [0.3, 0.4) is 0 Å². The van der Waals surface area contributed by atoms with Gasteiger partial charge in [-0.15, -0.1) is 0 Å². The van der Waals surface area contributed by atoms with E-state index in [9.17, 15) is 4.79 Å². The monoisotopic (exact) mass is 210 g/mol. The highest BCUT2D eigenvalue weighted by molar-refractivity contribution is 5.78. The van der Waals surface area contributed by atoms with E-state index in [0.717, 1.165) is 17.7 Å². The molecule has 0 saturated carbocycles. The Morgan fingerprint density at radius 3 is 2.93 bits per heavy atom. The molecule has 0 saturated heterocycles. The SMILES string of the molecule is CCC(CN)C(=O)NCc1cn[nH]c1C. The second-order valence-electron chi connectivity index (χ2n) is 3.58. The van der Waals surface area contributed by atoms with Crippen LogP contribution in [0.15, 0.2) is 6.20 Å². The molecule has 0 bridgehead atoms. The number of aromatic nitrogens is 2. The molecule has 0 spiro atoms. The molecular formula is C10H18N4O. The molecule has 4 N–H and O–H groups in total. The van der Waals surface area contributed by atoms with Gasteiger partial charge in [0.25, 0.3) is 0 Å². The lowest BCUT2D eigenvalue weighted by Gasteiger charge is -2.12. The number of hydrogen-bond acceptors (Lipinski definition) is 3. The van der Waals surface area contributed by atoms with Crippen LogP contribution in [0.25, 0.3) is 0 Å². The molecule has 1 rings (SSSR count). The second-order valence-corrected chi connectivity index (χ2v) is 3.58. The van der Waals surface area contributed by atoms with Crippen molar-refractivity contribution in [3.8, 4) is 0 Å². The van der Waals surface area contributed by atoms with Gasteiger partial charge in [-0.1, -0.05) is 6.92 Å². The fraction of sp³-hybridized carbons (Fsp3) is 0.600. The van der Waals surface area contributed by atoms with Crippen molar-refractivity contribution in [2.45, 2.75) is 26.8 Å². The fourth-order valence-corrected chi connectivity index (χ4v) is 1.34. The zero-order valence-electron chi connectivity index (χ0n) is 9.21. The van der Waals surface area contributed by atoms with Crippen LogP contribution in [-0.4, -0.2) is 22.6 Å². The first-order valence-electron chi connectivity index (χ1n) is 5.15. The first-order chi connectivity index (χ1) is 7.19. The number of nitrogens with two attached hydrogens (primary N) is 1. The van der Waals surface area contributed by atoms with Gasteiger partial charge in [0.05, 0.1) is 6.20 Å². The van der Waals surface area contributed by atoms with Gasteiger partial charge in [0.2, 0.25) is 5.91 Å². The largest absolute Gasteiger partial charge is 0.352 e. The molecule has 1 aromatic heterocycles. The molecule has 0 aliphatic rings. The summed E-state index contributed by atoms with van der Waals surface area (Å²) in [6, 6.07) is 0. The smallest absolute Gasteiger partial charge is 0.224 e. The Kier molecular flexibility index (Phi) is 4.30. The lowest BCUT2D eigenvalue weighted by molar-refractivity contribution is -0.124. The van der Waals surface area contributed by atoms with Gasteiger partial charge in [-0.3, -0.25) is 9.89 Å². The number of aromatic amines is 1. The first-order valence-corrected chi connectivity index (χ1v) is 5.15. The highest BCUT2D eigenvalue weighted by Gasteiger charge is 2.14. The first kappa shape index (κ1) is 11.7. The van der Waals surface area contributed by atoms with Crippen molar-refractivity contribution in [3.05, 3.63) is 17.5 Å². The number of nitrogens with one attached hydrogen (secondary N) is 2. The van der Waals surface area contributed by atoms with E-state index < -0.39 is 0 Å². The molecule has 5 heteroatoms. The summed E-state index contributed by atoms with van der Waals surface area (Å²) in [6.45, 7) is 4.79.